The number of imidazole rings is 1. The summed E-state index contributed by atoms with van der Waals surface area (Å²) in [6, 6.07) is 23.4. The maximum absolute atomic E-state index is 8.59. The van der Waals surface area contributed by atoms with Crippen LogP contribution >= 0.6 is 0 Å². The summed E-state index contributed by atoms with van der Waals surface area (Å²) in [4.78, 5) is 13.4. The predicted octanol–water partition coefficient (Wildman–Crippen LogP) is 9.24. The summed E-state index contributed by atoms with van der Waals surface area (Å²) in [5, 5.41) is 2.37. The number of hydrogen-bond donors (Lipinski definition) is 0. The minimum atomic E-state index is -2.27. The van der Waals surface area contributed by atoms with Crippen LogP contribution in [-0.2, 0) is 33.5 Å². The molecule has 3 aromatic carbocycles. The number of para-hydroxylation sites is 1. The molecule has 0 saturated heterocycles. The van der Waals surface area contributed by atoms with Gasteiger partial charge in [-0.2, -0.15) is 0 Å². The Balaban J connectivity index is 0.000000204. The van der Waals surface area contributed by atoms with Crippen molar-refractivity contribution in [3.05, 3.63) is 108 Å². The number of pyridine rings is 2. The third-order valence-electron chi connectivity index (χ3n) is 7.60. The van der Waals surface area contributed by atoms with Crippen molar-refractivity contribution in [1.29, 1.82) is 0 Å². The minimum absolute atomic E-state index is 0. The minimum Gasteiger partial charge on any atom is -0.501 e. The molecule has 0 atom stereocenters. The normalized spacial score (nSPS) is 15.0. The van der Waals surface area contributed by atoms with Crippen LogP contribution in [-0.4, -0.2) is 27.6 Å². The van der Waals surface area contributed by atoms with Crippen LogP contribution in [0, 0.1) is 31.8 Å². The Morgan fingerprint density at radius 2 is 1.85 bits per heavy atom. The molecule has 1 radical (unpaired) electrons. The molecule has 4 heterocycles. The molecular weight excluding hydrogens is 761 g/mol. The summed E-state index contributed by atoms with van der Waals surface area (Å²) < 4.78 is 71.3. The fourth-order valence-electron chi connectivity index (χ4n) is 5.41. The van der Waals surface area contributed by atoms with Crippen LogP contribution in [0.3, 0.4) is 0 Å². The first-order chi connectivity index (χ1) is 24.7. The Kier molecular flexibility index (Phi) is 7.10. The third kappa shape index (κ3) is 6.64. The molecule has 7 aromatic rings. The van der Waals surface area contributed by atoms with Gasteiger partial charge in [0.1, 0.15) is 5.58 Å². The van der Waals surface area contributed by atoms with Gasteiger partial charge in [0.25, 0.3) is 0 Å². The summed E-state index contributed by atoms with van der Waals surface area (Å²) in [5.41, 5.74) is 5.87. The molecule has 0 saturated carbocycles. The first-order valence-electron chi connectivity index (χ1n) is 18.9. The molecule has 0 unspecified atom stereocenters. The van der Waals surface area contributed by atoms with Gasteiger partial charge in [-0.05, 0) is 35.3 Å². The van der Waals surface area contributed by atoms with Crippen LogP contribution in [0.1, 0.15) is 41.5 Å². The van der Waals surface area contributed by atoms with Crippen molar-refractivity contribution in [1.82, 2.24) is 19.5 Å². The van der Waals surface area contributed by atoms with Gasteiger partial charge < -0.3 is 14.0 Å². The zero-order valence-electron chi connectivity index (χ0n) is 34.6. The van der Waals surface area contributed by atoms with Crippen LogP contribution in [0.2, 0.25) is 19.6 Å². The number of nitrogens with zero attached hydrogens (tertiary/aromatic N) is 4. The predicted molar refractivity (Wildman–Crippen MR) is 190 cm³/mol. The molecule has 7 heteroatoms. The van der Waals surface area contributed by atoms with Crippen molar-refractivity contribution >= 4 is 46.2 Å². The fraction of sp³-hybridized carbons (Fsp3) is 0.256. The molecule has 0 spiro atoms. The van der Waals surface area contributed by atoms with E-state index < -0.39 is 28.2 Å². The van der Waals surface area contributed by atoms with Crippen LogP contribution in [0.15, 0.2) is 83.7 Å². The van der Waals surface area contributed by atoms with E-state index in [-0.39, 0.29) is 37.2 Å². The second kappa shape index (κ2) is 13.4. The maximum atomic E-state index is 8.59. The number of hydrogen-bond acceptors (Lipinski definition) is 4. The Morgan fingerprint density at radius 3 is 2.54 bits per heavy atom. The third-order valence-corrected chi connectivity index (χ3v) is 9.62. The van der Waals surface area contributed by atoms with Crippen LogP contribution < -0.4 is 5.19 Å². The SMILES string of the molecule is [2H]C([2H])([2H])c1c[c-]c(-c2cc(C([2H])([2H])C(C)C)c([Si](C)(C)C)cn2)cc1.[2H]C([2H])([2H])c1c[c-]c(-c2nc3ccncc3n2C)c2oc3ccccc3c12.[Ir]. The molecule has 5 nitrogen and oxygen atoms in total. The maximum Gasteiger partial charge on any atom is 0.120 e. The van der Waals surface area contributed by atoms with Gasteiger partial charge in [-0.15, -0.1) is 53.1 Å². The van der Waals surface area contributed by atoms with Crippen molar-refractivity contribution in [3.8, 4) is 22.6 Å². The molecule has 0 aliphatic carbocycles. The van der Waals surface area contributed by atoms with Gasteiger partial charge >= 0.3 is 0 Å². The van der Waals surface area contributed by atoms with E-state index >= 15 is 0 Å². The Labute approximate surface area is 297 Å². The van der Waals surface area contributed by atoms with Gasteiger partial charge in [0, 0.05) is 55.9 Å². The van der Waals surface area contributed by atoms with E-state index in [0.29, 0.717) is 44.8 Å². The first kappa shape index (κ1) is 24.3. The Morgan fingerprint density at radius 1 is 1.02 bits per heavy atom. The molecule has 237 valence electrons. The van der Waals surface area contributed by atoms with Crippen LogP contribution in [0.25, 0.3) is 55.6 Å². The number of aryl methyl sites for hydroxylation is 3. The Bertz CT molecular complexity index is 2450. The van der Waals surface area contributed by atoms with Crippen LogP contribution in [0.4, 0.5) is 0 Å². The monoisotopic (exact) mass is 809 g/mol. The van der Waals surface area contributed by atoms with E-state index in [4.69, 9.17) is 15.4 Å². The molecular formula is C39H40IrN4OSi-2. The number of rotatable bonds is 5. The molecule has 0 bridgehead atoms. The number of fused-ring (bicyclic) bond motifs is 4. The van der Waals surface area contributed by atoms with E-state index in [1.54, 1.807) is 30.7 Å². The average molecular weight is 809 g/mol. The zero-order chi connectivity index (χ0) is 38.7. The summed E-state index contributed by atoms with van der Waals surface area (Å²) >= 11 is 0. The van der Waals surface area contributed by atoms with E-state index in [1.165, 1.54) is 12.1 Å². The summed E-state index contributed by atoms with van der Waals surface area (Å²) in [6.45, 7) is 5.87. The van der Waals surface area contributed by atoms with Gasteiger partial charge in [0.05, 0.1) is 36.7 Å². The van der Waals surface area contributed by atoms with Gasteiger partial charge in [0.15, 0.2) is 0 Å². The second-order valence-electron chi connectivity index (χ2n) is 12.4. The molecule has 7 rings (SSSR count). The quantitative estimate of drug-likeness (QED) is 0.129. The molecule has 0 aliphatic heterocycles. The summed E-state index contributed by atoms with van der Waals surface area (Å²) in [7, 11) is 0.117. The molecule has 0 fully saturated rings. The van der Waals surface area contributed by atoms with E-state index in [1.807, 2.05) is 61.9 Å². The van der Waals surface area contributed by atoms with E-state index in [9.17, 15) is 0 Å². The van der Waals surface area contributed by atoms with E-state index in [2.05, 4.69) is 46.7 Å². The van der Waals surface area contributed by atoms with E-state index in [0.717, 1.165) is 21.6 Å². The molecule has 46 heavy (non-hydrogen) atoms. The molecule has 0 aliphatic rings. The van der Waals surface area contributed by atoms with Crippen LogP contribution in [0.5, 0.6) is 0 Å². The number of furan rings is 1. The van der Waals surface area contributed by atoms with Gasteiger partial charge in [-0.25, -0.2) is 0 Å². The molecule has 4 aromatic heterocycles. The summed E-state index contributed by atoms with van der Waals surface area (Å²) in [6.07, 6.45) is 3.77. The smallest absolute Gasteiger partial charge is 0.120 e. The van der Waals surface area contributed by atoms with Gasteiger partial charge in [-0.1, -0.05) is 88.0 Å². The van der Waals surface area contributed by atoms with Crippen molar-refractivity contribution in [3.63, 3.8) is 0 Å². The number of benzene rings is 3. The largest absolute Gasteiger partial charge is 0.501 e. The average Bonchev–Trinajstić information content (AvgIpc) is 3.64. The standard InChI is InChI=1S/C20H14N3O.C19H26NSi.Ir/c1-12-7-8-14(19-18(12)13-5-3-4-6-17(13)24-19)20-22-15-9-10-21-11-16(15)23(20)2;1-14(2)11-17-12-18(16-9-7-15(3)8-10-16)20-13-19(17)21(4,5)6;/h3-7,9-11H,1-2H3;7-9,12-14H,11H2,1-6H3;/q2*-1;/i1D3;3D3,11D2;. The Hall–Kier alpha value is -3.90. The zero-order valence-corrected chi connectivity index (χ0v) is 30.0. The molecule has 0 amide bonds. The van der Waals surface area contributed by atoms with Crippen molar-refractivity contribution in [2.75, 3.05) is 0 Å². The fourth-order valence-corrected chi connectivity index (χ4v) is 6.81. The van der Waals surface area contributed by atoms with Crippen molar-refractivity contribution < 1.29 is 35.5 Å². The first-order valence-corrected chi connectivity index (χ1v) is 18.4. The van der Waals surface area contributed by atoms with Gasteiger partial charge in [-0.3, -0.25) is 9.97 Å². The summed E-state index contributed by atoms with van der Waals surface area (Å²) in [5.74, 6) is 0.480. The van der Waals surface area contributed by atoms with Gasteiger partial charge in [0.2, 0.25) is 0 Å². The van der Waals surface area contributed by atoms with Crippen molar-refractivity contribution in [2.45, 2.75) is 53.6 Å². The van der Waals surface area contributed by atoms with Crippen molar-refractivity contribution in [2.24, 2.45) is 13.0 Å². The second-order valence-corrected chi connectivity index (χ2v) is 17.4. The number of aromatic nitrogens is 4. The molecule has 0 N–H and O–H groups in total. The topological polar surface area (TPSA) is 56.7 Å².